The Bertz CT molecular complexity index is 1000. The van der Waals surface area contributed by atoms with E-state index in [-0.39, 0.29) is 12.5 Å². The lowest BCUT2D eigenvalue weighted by Gasteiger charge is -2.10. The second-order valence-corrected chi connectivity index (χ2v) is 6.52. The summed E-state index contributed by atoms with van der Waals surface area (Å²) in [7, 11) is 0. The number of amides is 1. The summed E-state index contributed by atoms with van der Waals surface area (Å²) in [5.74, 6) is 0.604. The monoisotopic (exact) mass is 351 g/mol. The summed E-state index contributed by atoms with van der Waals surface area (Å²) in [6.07, 6.45) is 0. The average Bonchev–Trinajstić information content (AvgIpc) is 2.59. The first-order valence-electron chi connectivity index (χ1n) is 8.49. The van der Waals surface area contributed by atoms with Crippen molar-refractivity contribution in [3.63, 3.8) is 0 Å². The van der Waals surface area contributed by atoms with Gasteiger partial charge in [-0.05, 0) is 48.2 Å². The van der Waals surface area contributed by atoms with Crippen LogP contribution in [0.25, 0.3) is 11.0 Å². The predicted molar refractivity (Wildman–Crippen MR) is 102 cm³/mol. The van der Waals surface area contributed by atoms with E-state index >= 15 is 0 Å². The van der Waals surface area contributed by atoms with E-state index < -0.39 is 5.63 Å². The number of ether oxygens (including phenoxy) is 1. The van der Waals surface area contributed by atoms with Gasteiger partial charge in [-0.2, -0.15) is 0 Å². The smallest absolute Gasteiger partial charge is 0.336 e. The van der Waals surface area contributed by atoms with E-state index in [1.807, 2.05) is 37.3 Å². The molecule has 5 heteroatoms. The highest BCUT2D eigenvalue weighted by Crippen LogP contribution is 2.22. The molecular weight excluding hydrogens is 330 g/mol. The van der Waals surface area contributed by atoms with E-state index in [9.17, 15) is 9.59 Å². The fraction of sp³-hybridized carbons (Fsp3) is 0.238. The van der Waals surface area contributed by atoms with E-state index in [2.05, 4.69) is 19.2 Å². The molecule has 1 heterocycles. The fourth-order valence-corrected chi connectivity index (χ4v) is 2.72. The molecule has 5 nitrogen and oxygen atoms in total. The number of nitrogens with one attached hydrogen (secondary N) is 1. The molecule has 0 atom stereocenters. The fourth-order valence-electron chi connectivity index (χ4n) is 2.72. The Morgan fingerprint density at radius 1 is 1.15 bits per heavy atom. The molecule has 0 aliphatic heterocycles. The number of fused-ring (bicyclic) bond motifs is 1. The van der Waals surface area contributed by atoms with Gasteiger partial charge in [0.15, 0.2) is 6.61 Å². The molecule has 26 heavy (non-hydrogen) atoms. The van der Waals surface area contributed by atoms with Gasteiger partial charge < -0.3 is 14.5 Å². The second kappa shape index (κ2) is 7.44. The van der Waals surface area contributed by atoms with Crippen molar-refractivity contribution in [3.05, 3.63) is 70.1 Å². The standard InChI is InChI=1S/C21H21NO4/c1-13(2)15-5-4-6-16(10-15)22-20(23)12-25-17-7-8-18-14(3)9-21(24)26-19(18)11-17/h4-11,13H,12H2,1-3H3,(H,22,23). The molecule has 0 bridgehead atoms. The number of benzene rings is 2. The quantitative estimate of drug-likeness (QED) is 0.698. The maximum absolute atomic E-state index is 12.1. The highest BCUT2D eigenvalue weighted by Gasteiger charge is 2.08. The predicted octanol–water partition coefficient (Wildman–Crippen LogP) is 4.24. The molecule has 0 saturated heterocycles. The van der Waals surface area contributed by atoms with Crippen LogP contribution in [-0.4, -0.2) is 12.5 Å². The highest BCUT2D eigenvalue weighted by molar-refractivity contribution is 5.92. The molecule has 0 saturated carbocycles. The van der Waals surface area contributed by atoms with Crippen molar-refractivity contribution in [1.29, 1.82) is 0 Å². The van der Waals surface area contributed by atoms with Crippen molar-refractivity contribution in [2.45, 2.75) is 26.7 Å². The molecule has 1 aromatic heterocycles. The third kappa shape index (κ3) is 4.11. The number of carbonyl (C=O) groups is 1. The van der Waals surface area contributed by atoms with Crippen molar-refractivity contribution >= 4 is 22.6 Å². The van der Waals surface area contributed by atoms with Gasteiger partial charge in [0.25, 0.3) is 5.91 Å². The van der Waals surface area contributed by atoms with E-state index in [1.54, 1.807) is 12.1 Å². The first-order valence-corrected chi connectivity index (χ1v) is 8.49. The van der Waals surface area contributed by atoms with Crippen LogP contribution in [0.3, 0.4) is 0 Å². The zero-order valence-electron chi connectivity index (χ0n) is 15.0. The highest BCUT2D eigenvalue weighted by atomic mass is 16.5. The van der Waals surface area contributed by atoms with Gasteiger partial charge in [0.2, 0.25) is 0 Å². The van der Waals surface area contributed by atoms with Crippen LogP contribution < -0.4 is 15.7 Å². The zero-order chi connectivity index (χ0) is 18.7. The largest absolute Gasteiger partial charge is 0.484 e. The van der Waals surface area contributed by atoms with E-state index in [0.717, 1.165) is 22.2 Å². The van der Waals surface area contributed by atoms with Gasteiger partial charge in [0.1, 0.15) is 11.3 Å². The molecule has 3 rings (SSSR count). The number of aryl methyl sites for hydroxylation is 1. The first kappa shape index (κ1) is 17.7. The number of hydrogen-bond donors (Lipinski definition) is 1. The van der Waals surface area contributed by atoms with Crippen LogP contribution in [0.1, 0.15) is 30.9 Å². The maximum atomic E-state index is 12.1. The van der Waals surface area contributed by atoms with Crippen LogP contribution in [-0.2, 0) is 4.79 Å². The molecule has 0 unspecified atom stereocenters. The van der Waals surface area contributed by atoms with Crippen molar-refractivity contribution in [2.24, 2.45) is 0 Å². The van der Waals surface area contributed by atoms with Gasteiger partial charge in [-0.1, -0.05) is 26.0 Å². The van der Waals surface area contributed by atoms with Gasteiger partial charge in [0.05, 0.1) is 0 Å². The minimum absolute atomic E-state index is 0.131. The van der Waals surface area contributed by atoms with Crippen LogP contribution in [0, 0.1) is 6.92 Å². The van der Waals surface area contributed by atoms with Gasteiger partial charge in [0, 0.05) is 23.2 Å². The third-order valence-electron chi connectivity index (χ3n) is 4.13. The Morgan fingerprint density at radius 2 is 1.96 bits per heavy atom. The van der Waals surface area contributed by atoms with Gasteiger partial charge in [-0.25, -0.2) is 4.79 Å². The van der Waals surface area contributed by atoms with Crippen LogP contribution in [0.2, 0.25) is 0 Å². The Labute approximate surface area is 151 Å². The van der Waals surface area contributed by atoms with Gasteiger partial charge in [-0.15, -0.1) is 0 Å². The lowest BCUT2D eigenvalue weighted by molar-refractivity contribution is -0.118. The maximum Gasteiger partial charge on any atom is 0.336 e. The van der Waals surface area contributed by atoms with Crippen LogP contribution in [0.5, 0.6) is 5.75 Å². The lowest BCUT2D eigenvalue weighted by atomic mass is 10.0. The lowest BCUT2D eigenvalue weighted by Crippen LogP contribution is -2.20. The van der Waals surface area contributed by atoms with E-state index in [4.69, 9.17) is 9.15 Å². The average molecular weight is 351 g/mol. The molecule has 0 spiro atoms. The number of rotatable bonds is 5. The third-order valence-corrected chi connectivity index (χ3v) is 4.13. The summed E-state index contributed by atoms with van der Waals surface area (Å²) in [4.78, 5) is 23.6. The van der Waals surface area contributed by atoms with Crippen molar-refractivity contribution in [2.75, 3.05) is 11.9 Å². The molecule has 0 fully saturated rings. The summed E-state index contributed by atoms with van der Waals surface area (Å²) in [5, 5.41) is 3.67. The Kier molecular flexibility index (Phi) is 5.07. The number of carbonyl (C=O) groups excluding carboxylic acids is 1. The molecule has 0 aliphatic carbocycles. The summed E-state index contributed by atoms with van der Waals surface area (Å²) >= 11 is 0. The molecule has 1 amide bonds. The normalized spacial score (nSPS) is 10.9. The number of anilines is 1. The second-order valence-electron chi connectivity index (χ2n) is 6.52. The van der Waals surface area contributed by atoms with Crippen LogP contribution in [0.15, 0.2) is 57.7 Å². The molecule has 134 valence electrons. The number of hydrogen-bond acceptors (Lipinski definition) is 4. The van der Waals surface area contributed by atoms with Gasteiger partial charge in [-0.3, -0.25) is 4.79 Å². The summed E-state index contributed by atoms with van der Waals surface area (Å²) in [6.45, 7) is 5.92. The van der Waals surface area contributed by atoms with E-state index in [0.29, 0.717) is 17.3 Å². The Balaban J connectivity index is 1.67. The molecule has 2 aromatic carbocycles. The van der Waals surface area contributed by atoms with Crippen LogP contribution >= 0.6 is 0 Å². The molecule has 0 aliphatic rings. The SMILES string of the molecule is Cc1cc(=O)oc2cc(OCC(=O)Nc3cccc(C(C)C)c3)ccc12. The van der Waals surface area contributed by atoms with Crippen molar-refractivity contribution in [1.82, 2.24) is 0 Å². The summed E-state index contributed by atoms with van der Waals surface area (Å²) in [5.41, 5.74) is 2.77. The molecule has 1 N–H and O–H groups in total. The molecular formula is C21H21NO4. The minimum atomic E-state index is -0.407. The molecule has 0 radical (unpaired) electrons. The Hall–Kier alpha value is -3.08. The summed E-state index contributed by atoms with van der Waals surface area (Å²) in [6, 6.07) is 14.4. The zero-order valence-corrected chi connectivity index (χ0v) is 15.0. The van der Waals surface area contributed by atoms with Crippen molar-refractivity contribution < 1.29 is 13.9 Å². The van der Waals surface area contributed by atoms with Crippen molar-refractivity contribution in [3.8, 4) is 5.75 Å². The van der Waals surface area contributed by atoms with Crippen LogP contribution in [0.4, 0.5) is 5.69 Å². The Morgan fingerprint density at radius 3 is 2.73 bits per heavy atom. The van der Waals surface area contributed by atoms with Gasteiger partial charge >= 0.3 is 5.63 Å². The van der Waals surface area contributed by atoms with E-state index in [1.165, 1.54) is 6.07 Å². The summed E-state index contributed by atoms with van der Waals surface area (Å²) < 4.78 is 10.7. The topological polar surface area (TPSA) is 68.5 Å². The first-order chi connectivity index (χ1) is 12.4. The minimum Gasteiger partial charge on any atom is -0.484 e. The molecule has 3 aromatic rings.